The molecule has 0 aliphatic heterocycles. The third-order valence-corrected chi connectivity index (χ3v) is 4.79. The molecule has 1 rings (SSSR count). The summed E-state index contributed by atoms with van der Waals surface area (Å²) in [6, 6.07) is 6.28. The Labute approximate surface area is 92.7 Å². The highest BCUT2D eigenvalue weighted by molar-refractivity contribution is 6.90. The Morgan fingerprint density at radius 1 is 1.14 bits per heavy atom. The van der Waals surface area contributed by atoms with Gasteiger partial charge in [0.15, 0.2) is 0 Å². The van der Waals surface area contributed by atoms with Crippen molar-refractivity contribution >= 4 is 30.5 Å². The molecule has 1 nitrogen and oxygen atoms in total. The largest absolute Gasteiger partial charge is 0.378 e. The summed E-state index contributed by atoms with van der Waals surface area (Å²) < 4.78 is 0. The Morgan fingerprint density at radius 3 is 2.14 bits per heavy atom. The van der Waals surface area contributed by atoms with E-state index in [-0.39, 0.29) is 0 Å². The van der Waals surface area contributed by atoms with Crippen LogP contribution in [0.3, 0.4) is 0 Å². The van der Waals surface area contributed by atoms with Gasteiger partial charge in [-0.15, -0.1) is 0 Å². The van der Waals surface area contributed by atoms with Crippen LogP contribution in [0.4, 0.5) is 5.69 Å². The molecule has 0 aliphatic rings. The Bertz CT molecular complexity index is 329. The second-order valence-electron chi connectivity index (χ2n) is 4.81. The summed E-state index contributed by atoms with van der Waals surface area (Å²) in [5.74, 6) is 0. The van der Waals surface area contributed by atoms with E-state index in [0.717, 1.165) is 5.02 Å². The molecule has 0 aliphatic carbocycles. The average molecular weight is 228 g/mol. The van der Waals surface area contributed by atoms with Gasteiger partial charge in [0.05, 0.1) is 8.07 Å². The van der Waals surface area contributed by atoms with Gasteiger partial charge in [-0.3, -0.25) is 0 Å². The van der Waals surface area contributed by atoms with Crippen LogP contribution in [0, 0.1) is 0 Å². The molecule has 0 fully saturated rings. The van der Waals surface area contributed by atoms with Crippen molar-refractivity contribution < 1.29 is 0 Å². The average Bonchev–Trinajstić information content (AvgIpc) is 2.02. The summed E-state index contributed by atoms with van der Waals surface area (Å²) in [4.78, 5) is 2.11. The van der Waals surface area contributed by atoms with E-state index in [4.69, 9.17) is 11.6 Å². The van der Waals surface area contributed by atoms with Gasteiger partial charge in [-0.2, -0.15) is 0 Å². The standard InChI is InChI=1S/C11H18ClNSi/c1-13(2)9-6-7-10(12)11(8-9)14(3,4)5/h6-8H,1-5H3. The van der Waals surface area contributed by atoms with E-state index in [1.165, 1.54) is 10.9 Å². The van der Waals surface area contributed by atoms with Gasteiger partial charge in [-0.25, -0.2) is 0 Å². The number of anilines is 1. The molecule has 0 atom stereocenters. The number of rotatable bonds is 2. The lowest BCUT2D eigenvalue weighted by atomic mass is 10.3. The second-order valence-corrected chi connectivity index (χ2v) is 10.3. The molecule has 0 spiro atoms. The van der Waals surface area contributed by atoms with E-state index in [9.17, 15) is 0 Å². The quantitative estimate of drug-likeness (QED) is 0.703. The van der Waals surface area contributed by atoms with Gasteiger partial charge in [0, 0.05) is 24.8 Å². The predicted octanol–water partition coefficient (Wildman–Crippen LogP) is 2.95. The molecule has 0 bridgehead atoms. The number of hydrogen-bond donors (Lipinski definition) is 0. The van der Waals surface area contributed by atoms with Gasteiger partial charge in [0.2, 0.25) is 0 Å². The minimum Gasteiger partial charge on any atom is -0.378 e. The van der Waals surface area contributed by atoms with Gasteiger partial charge in [-0.05, 0) is 23.4 Å². The molecule has 0 saturated heterocycles. The summed E-state index contributed by atoms with van der Waals surface area (Å²) in [6.07, 6.45) is 0. The zero-order chi connectivity index (χ0) is 10.9. The maximum atomic E-state index is 6.20. The summed E-state index contributed by atoms with van der Waals surface area (Å²) in [5.41, 5.74) is 1.23. The lowest BCUT2D eigenvalue weighted by Crippen LogP contribution is -2.38. The maximum absolute atomic E-state index is 6.20. The molecule has 3 heteroatoms. The maximum Gasteiger partial charge on any atom is 0.0796 e. The smallest absolute Gasteiger partial charge is 0.0796 e. The molecule has 0 heterocycles. The third kappa shape index (κ3) is 2.52. The molecule has 0 amide bonds. The topological polar surface area (TPSA) is 3.24 Å². The van der Waals surface area contributed by atoms with Gasteiger partial charge >= 0.3 is 0 Å². The fourth-order valence-electron chi connectivity index (χ4n) is 1.37. The van der Waals surface area contributed by atoms with Crippen LogP contribution in [-0.4, -0.2) is 22.2 Å². The van der Waals surface area contributed by atoms with Crippen LogP contribution in [0.25, 0.3) is 0 Å². The van der Waals surface area contributed by atoms with E-state index in [1.54, 1.807) is 0 Å². The van der Waals surface area contributed by atoms with Crippen molar-refractivity contribution in [3.63, 3.8) is 0 Å². The molecule has 14 heavy (non-hydrogen) atoms. The van der Waals surface area contributed by atoms with Crippen LogP contribution in [0.2, 0.25) is 24.7 Å². The number of hydrogen-bond acceptors (Lipinski definition) is 1. The molecular weight excluding hydrogens is 210 g/mol. The Hall–Kier alpha value is -0.473. The second kappa shape index (κ2) is 3.95. The monoisotopic (exact) mass is 227 g/mol. The van der Waals surface area contributed by atoms with Gasteiger partial charge < -0.3 is 4.90 Å². The van der Waals surface area contributed by atoms with E-state index in [0.29, 0.717) is 0 Å². The Morgan fingerprint density at radius 2 is 1.71 bits per heavy atom. The summed E-state index contributed by atoms with van der Waals surface area (Å²) in [5, 5.41) is 2.25. The SMILES string of the molecule is CN(C)c1ccc(Cl)c([Si](C)(C)C)c1. The van der Waals surface area contributed by atoms with E-state index in [1.807, 2.05) is 6.07 Å². The highest BCUT2D eigenvalue weighted by Crippen LogP contribution is 2.18. The first-order valence-corrected chi connectivity index (χ1v) is 8.67. The summed E-state index contributed by atoms with van der Waals surface area (Å²) in [6.45, 7) is 6.94. The molecule has 0 aromatic heterocycles. The van der Waals surface area contributed by atoms with Gasteiger partial charge in [0.1, 0.15) is 0 Å². The Balaban J connectivity index is 3.22. The summed E-state index contributed by atoms with van der Waals surface area (Å²) >= 11 is 6.20. The van der Waals surface area contributed by atoms with Crippen LogP contribution >= 0.6 is 11.6 Å². The first kappa shape index (κ1) is 11.6. The van der Waals surface area contributed by atoms with Crippen molar-refractivity contribution in [2.24, 2.45) is 0 Å². The molecular formula is C11H18ClNSi. The molecule has 0 unspecified atom stereocenters. The van der Waals surface area contributed by atoms with Crippen molar-refractivity contribution in [3.05, 3.63) is 23.2 Å². The van der Waals surface area contributed by atoms with E-state index < -0.39 is 8.07 Å². The lowest BCUT2D eigenvalue weighted by Gasteiger charge is -2.21. The van der Waals surface area contributed by atoms with Crippen molar-refractivity contribution in [3.8, 4) is 0 Å². The van der Waals surface area contributed by atoms with Crippen LogP contribution in [0.1, 0.15) is 0 Å². The first-order chi connectivity index (χ1) is 6.32. The van der Waals surface area contributed by atoms with Gasteiger partial charge in [-0.1, -0.05) is 31.2 Å². The van der Waals surface area contributed by atoms with Crippen LogP contribution in [-0.2, 0) is 0 Å². The number of nitrogens with zero attached hydrogens (tertiary/aromatic N) is 1. The molecule has 0 radical (unpaired) electrons. The van der Waals surface area contributed by atoms with Crippen LogP contribution < -0.4 is 10.1 Å². The molecule has 0 N–H and O–H groups in total. The Kier molecular flexibility index (Phi) is 3.27. The molecule has 78 valence electrons. The first-order valence-electron chi connectivity index (χ1n) is 4.80. The van der Waals surface area contributed by atoms with Crippen molar-refractivity contribution in [1.82, 2.24) is 0 Å². The fourth-order valence-corrected chi connectivity index (χ4v) is 3.71. The number of halogens is 1. The normalized spacial score (nSPS) is 11.6. The highest BCUT2D eigenvalue weighted by Gasteiger charge is 2.20. The third-order valence-electron chi connectivity index (χ3n) is 2.27. The molecule has 1 aromatic carbocycles. The van der Waals surface area contributed by atoms with Crippen LogP contribution in [0.15, 0.2) is 18.2 Å². The van der Waals surface area contributed by atoms with Crippen molar-refractivity contribution in [2.75, 3.05) is 19.0 Å². The zero-order valence-electron chi connectivity index (χ0n) is 9.56. The highest BCUT2D eigenvalue weighted by atomic mass is 35.5. The van der Waals surface area contributed by atoms with Crippen molar-refractivity contribution in [1.29, 1.82) is 0 Å². The predicted molar refractivity (Wildman–Crippen MR) is 68.8 cm³/mol. The van der Waals surface area contributed by atoms with E-state index >= 15 is 0 Å². The van der Waals surface area contributed by atoms with Crippen molar-refractivity contribution in [2.45, 2.75) is 19.6 Å². The van der Waals surface area contributed by atoms with Crippen LogP contribution in [0.5, 0.6) is 0 Å². The summed E-state index contributed by atoms with van der Waals surface area (Å²) in [7, 11) is 2.79. The lowest BCUT2D eigenvalue weighted by molar-refractivity contribution is 1.13. The number of benzene rings is 1. The minimum atomic E-state index is -1.31. The minimum absolute atomic E-state index is 0.912. The van der Waals surface area contributed by atoms with E-state index in [2.05, 4.69) is 50.8 Å². The molecule has 1 aromatic rings. The van der Waals surface area contributed by atoms with Gasteiger partial charge in [0.25, 0.3) is 0 Å². The fraction of sp³-hybridized carbons (Fsp3) is 0.455. The molecule has 0 saturated carbocycles. The zero-order valence-corrected chi connectivity index (χ0v) is 11.3.